The standard InChI is InChI=1S/C14H16N2O/c1-9-4-5-12-11(8-9)10-6-7-15(2)14(17)13(10)16(12)3/h4-5,8H,6-7H2,1-3H3. The second-order valence-corrected chi connectivity index (χ2v) is 4.88. The van der Waals surface area contributed by atoms with Crippen LogP contribution in [0.15, 0.2) is 18.2 Å². The van der Waals surface area contributed by atoms with Gasteiger partial charge < -0.3 is 9.47 Å². The van der Waals surface area contributed by atoms with Crippen molar-refractivity contribution in [2.75, 3.05) is 13.6 Å². The van der Waals surface area contributed by atoms with E-state index in [2.05, 4.69) is 25.1 Å². The summed E-state index contributed by atoms with van der Waals surface area (Å²) in [6.07, 6.45) is 0.957. The third kappa shape index (κ3) is 1.32. The van der Waals surface area contributed by atoms with Gasteiger partial charge in [-0.3, -0.25) is 4.79 Å². The van der Waals surface area contributed by atoms with Crippen LogP contribution in [0.5, 0.6) is 0 Å². The summed E-state index contributed by atoms with van der Waals surface area (Å²) in [5.41, 5.74) is 4.48. The summed E-state index contributed by atoms with van der Waals surface area (Å²) < 4.78 is 2.03. The van der Waals surface area contributed by atoms with Crippen LogP contribution in [0.1, 0.15) is 21.6 Å². The van der Waals surface area contributed by atoms with Crippen LogP contribution in [0.3, 0.4) is 0 Å². The van der Waals surface area contributed by atoms with Gasteiger partial charge in [0, 0.05) is 31.5 Å². The van der Waals surface area contributed by atoms with Gasteiger partial charge in [-0.25, -0.2) is 0 Å². The minimum Gasteiger partial charge on any atom is -0.340 e. The largest absolute Gasteiger partial charge is 0.340 e. The van der Waals surface area contributed by atoms with Crippen molar-refractivity contribution in [2.24, 2.45) is 7.05 Å². The number of aromatic nitrogens is 1. The zero-order chi connectivity index (χ0) is 12.2. The molecular formula is C14H16N2O. The molecule has 1 amide bonds. The highest BCUT2D eigenvalue weighted by atomic mass is 16.2. The van der Waals surface area contributed by atoms with Gasteiger partial charge in [0.05, 0.1) is 0 Å². The number of amides is 1. The van der Waals surface area contributed by atoms with E-state index < -0.39 is 0 Å². The summed E-state index contributed by atoms with van der Waals surface area (Å²) in [6, 6.07) is 6.39. The zero-order valence-electron chi connectivity index (χ0n) is 10.4. The van der Waals surface area contributed by atoms with Crippen molar-refractivity contribution in [3.63, 3.8) is 0 Å². The molecule has 3 rings (SSSR count). The smallest absolute Gasteiger partial charge is 0.270 e. The van der Waals surface area contributed by atoms with Crippen molar-refractivity contribution in [1.82, 2.24) is 9.47 Å². The Morgan fingerprint density at radius 1 is 1.24 bits per heavy atom. The molecule has 17 heavy (non-hydrogen) atoms. The summed E-state index contributed by atoms with van der Waals surface area (Å²) in [4.78, 5) is 14.0. The molecule has 3 heteroatoms. The zero-order valence-corrected chi connectivity index (χ0v) is 10.4. The number of rotatable bonds is 0. The number of benzene rings is 1. The number of nitrogens with zero attached hydrogens (tertiary/aromatic N) is 2. The Hall–Kier alpha value is -1.77. The summed E-state index contributed by atoms with van der Waals surface area (Å²) in [5.74, 6) is 0.141. The van der Waals surface area contributed by atoms with Crippen molar-refractivity contribution in [3.05, 3.63) is 35.0 Å². The van der Waals surface area contributed by atoms with Crippen molar-refractivity contribution in [2.45, 2.75) is 13.3 Å². The van der Waals surface area contributed by atoms with E-state index in [0.717, 1.165) is 24.2 Å². The highest BCUT2D eigenvalue weighted by molar-refractivity contribution is 6.02. The molecule has 88 valence electrons. The fourth-order valence-corrected chi connectivity index (χ4v) is 2.72. The number of hydrogen-bond donors (Lipinski definition) is 0. The van der Waals surface area contributed by atoms with Gasteiger partial charge >= 0.3 is 0 Å². The summed E-state index contributed by atoms with van der Waals surface area (Å²) in [7, 11) is 3.85. The maximum Gasteiger partial charge on any atom is 0.270 e. The van der Waals surface area contributed by atoms with Crippen molar-refractivity contribution >= 4 is 16.8 Å². The second-order valence-electron chi connectivity index (χ2n) is 4.88. The van der Waals surface area contributed by atoms with Crippen LogP contribution >= 0.6 is 0 Å². The van der Waals surface area contributed by atoms with E-state index in [4.69, 9.17) is 0 Å². The Balaban J connectivity index is 2.39. The first kappa shape index (κ1) is 10.4. The molecule has 1 aliphatic rings. The Labute approximate surface area is 101 Å². The Bertz CT molecular complexity index is 625. The van der Waals surface area contributed by atoms with Gasteiger partial charge in [0.15, 0.2) is 0 Å². The topological polar surface area (TPSA) is 25.2 Å². The number of carbonyl (C=O) groups excluding carboxylic acids is 1. The van der Waals surface area contributed by atoms with Gasteiger partial charge in [0.2, 0.25) is 0 Å². The SMILES string of the molecule is Cc1ccc2c(c1)c1c(n2C)C(=O)N(C)CC1. The first-order valence-electron chi connectivity index (χ1n) is 5.93. The summed E-state index contributed by atoms with van der Waals surface area (Å²) in [5, 5.41) is 1.24. The van der Waals surface area contributed by atoms with Gasteiger partial charge in [0.1, 0.15) is 5.69 Å². The lowest BCUT2D eigenvalue weighted by Gasteiger charge is -2.23. The van der Waals surface area contributed by atoms with Gasteiger partial charge in [-0.1, -0.05) is 11.6 Å². The monoisotopic (exact) mass is 228 g/mol. The number of carbonyl (C=O) groups is 1. The first-order valence-corrected chi connectivity index (χ1v) is 5.93. The highest BCUT2D eigenvalue weighted by Gasteiger charge is 2.27. The van der Waals surface area contributed by atoms with E-state index >= 15 is 0 Å². The van der Waals surface area contributed by atoms with E-state index in [1.807, 2.05) is 18.7 Å². The molecule has 0 spiro atoms. The van der Waals surface area contributed by atoms with Crippen LogP contribution in [0.4, 0.5) is 0 Å². The molecule has 0 N–H and O–H groups in total. The van der Waals surface area contributed by atoms with E-state index in [0.29, 0.717) is 0 Å². The van der Waals surface area contributed by atoms with E-state index in [9.17, 15) is 4.79 Å². The number of likely N-dealkylation sites (N-methyl/N-ethyl adjacent to an activating group) is 1. The maximum absolute atomic E-state index is 12.2. The molecule has 0 fully saturated rings. The van der Waals surface area contributed by atoms with Crippen LogP contribution in [0.2, 0.25) is 0 Å². The normalized spacial score (nSPS) is 15.5. The Morgan fingerprint density at radius 3 is 2.76 bits per heavy atom. The average Bonchev–Trinajstić information content (AvgIpc) is 2.58. The summed E-state index contributed by atoms with van der Waals surface area (Å²) >= 11 is 0. The number of hydrogen-bond acceptors (Lipinski definition) is 1. The average molecular weight is 228 g/mol. The van der Waals surface area contributed by atoms with Crippen LogP contribution in [0, 0.1) is 6.92 Å². The molecule has 1 aromatic heterocycles. The molecule has 0 aliphatic carbocycles. The van der Waals surface area contributed by atoms with E-state index in [1.165, 1.54) is 16.5 Å². The lowest BCUT2D eigenvalue weighted by molar-refractivity contribution is 0.0771. The Morgan fingerprint density at radius 2 is 2.00 bits per heavy atom. The number of fused-ring (bicyclic) bond motifs is 3. The van der Waals surface area contributed by atoms with Crippen molar-refractivity contribution in [3.8, 4) is 0 Å². The Kier molecular flexibility index (Phi) is 2.05. The molecule has 0 saturated heterocycles. The minimum atomic E-state index is 0.141. The minimum absolute atomic E-state index is 0.141. The third-order valence-electron chi connectivity index (χ3n) is 3.71. The van der Waals surface area contributed by atoms with Crippen LogP contribution < -0.4 is 0 Å². The third-order valence-corrected chi connectivity index (χ3v) is 3.71. The first-order chi connectivity index (χ1) is 8.09. The van der Waals surface area contributed by atoms with Gasteiger partial charge in [-0.2, -0.15) is 0 Å². The molecule has 0 atom stereocenters. The molecule has 0 saturated carbocycles. The predicted octanol–water partition coefficient (Wildman–Crippen LogP) is 2.11. The van der Waals surface area contributed by atoms with Crippen molar-refractivity contribution in [1.29, 1.82) is 0 Å². The molecule has 2 heterocycles. The molecular weight excluding hydrogens is 212 g/mol. The van der Waals surface area contributed by atoms with Gasteiger partial charge in [0.25, 0.3) is 5.91 Å². The van der Waals surface area contributed by atoms with Gasteiger partial charge in [-0.15, -0.1) is 0 Å². The lowest BCUT2D eigenvalue weighted by atomic mass is 10.0. The van der Waals surface area contributed by atoms with E-state index in [1.54, 1.807) is 4.90 Å². The highest BCUT2D eigenvalue weighted by Crippen LogP contribution is 2.30. The molecule has 1 aromatic carbocycles. The number of aryl methyl sites for hydroxylation is 2. The summed E-state index contributed by atoms with van der Waals surface area (Å²) in [6.45, 7) is 2.91. The fraction of sp³-hybridized carbons (Fsp3) is 0.357. The van der Waals surface area contributed by atoms with E-state index in [-0.39, 0.29) is 5.91 Å². The van der Waals surface area contributed by atoms with Gasteiger partial charge in [-0.05, 0) is 31.0 Å². The second kappa shape index (κ2) is 3.36. The predicted molar refractivity (Wildman–Crippen MR) is 68.3 cm³/mol. The lowest BCUT2D eigenvalue weighted by Crippen LogP contribution is -2.35. The molecule has 0 unspecified atom stereocenters. The molecule has 2 aromatic rings. The molecule has 3 nitrogen and oxygen atoms in total. The molecule has 0 bridgehead atoms. The van der Waals surface area contributed by atoms with Crippen LogP contribution in [-0.4, -0.2) is 29.0 Å². The molecule has 0 radical (unpaired) electrons. The quantitative estimate of drug-likeness (QED) is 0.678. The van der Waals surface area contributed by atoms with Crippen molar-refractivity contribution < 1.29 is 4.79 Å². The van der Waals surface area contributed by atoms with Crippen LogP contribution in [-0.2, 0) is 13.5 Å². The molecule has 1 aliphatic heterocycles. The fourth-order valence-electron chi connectivity index (χ4n) is 2.72. The maximum atomic E-state index is 12.2. The van der Waals surface area contributed by atoms with Crippen LogP contribution in [0.25, 0.3) is 10.9 Å².